The van der Waals surface area contributed by atoms with Crippen molar-refractivity contribution < 1.29 is 15.0 Å². The van der Waals surface area contributed by atoms with Crippen molar-refractivity contribution in [3.63, 3.8) is 0 Å². The number of hydrogen-bond acceptors (Lipinski definition) is 5. The number of urea groups is 1. The van der Waals surface area contributed by atoms with E-state index in [-0.39, 0.29) is 17.3 Å². The van der Waals surface area contributed by atoms with Crippen molar-refractivity contribution in [3.8, 4) is 5.75 Å². The van der Waals surface area contributed by atoms with Gasteiger partial charge in [-0.1, -0.05) is 48.5 Å². The number of hydrogen-bond donors (Lipinski definition) is 6. The summed E-state index contributed by atoms with van der Waals surface area (Å²) in [6.45, 7) is 1.37. The minimum atomic E-state index is -0.815. The summed E-state index contributed by atoms with van der Waals surface area (Å²) in [6.07, 6.45) is -0.109. The lowest BCUT2D eigenvalue weighted by atomic mass is 10.0. The Morgan fingerprint density at radius 2 is 1.74 bits per heavy atom. The van der Waals surface area contributed by atoms with Crippen LogP contribution in [0.4, 0.5) is 10.5 Å². The standard InChI is InChI=1S/C27H28N4O4/c32-23-11-9-21(22-10-12-25(34)31-26(22)23)24(33)17-28-14-13-18-7-4-8-20(15-18)30-27(35)29-16-19-5-2-1-3-6-19/h1-12,15,24,28,32-33H,13-14,16-17H2,(H,31,34)(H2,29,30,35)/t24-/m0/s1. The number of amides is 2. The molecule has 1 heterocycles. The first-order chi connectivity index (χ1) is 17.0. The lowest BCUT2D eigenvalue weighted by Crippen LogP contribution is -2.28. The molecule has 0 radical (unpaired) electrons. The average molecular weight is 473 g/mol. The van der Waals surface area contributed by atoms with E-state index in [9.17, 15) is 19.8 Å². The van der Waals surface area contributed by atoms with Crippen LogP contribution in [0.1, 0.15) is 22.8 Å². The van der Waals surface area contributed by atoms with Crippen LogP contribution in [-0.4, -0.2) is 34.3 Å². The van der Waals surface area contributed by atoms with Crippen molar-refractivity contribution >= 4 is 22.6 Å². The van der Waals surface area contributed by atoms with Gasteiger partial charge in [-0.2, -0.15) is 0 Å². The Morgan fingerprint density at radius 3 is 2.57 bits per heavy atom. The number of aromatic nitrogens is 1. The van der Waals surface area contributed by atoms with Crippen LogP contribution in [0.25, 0.3) is 10.9 Å². The van der Waals surface area contributed by atoms with Crippen LogP contribution in [-0.2, 0) is 13.0 Å². The largest absolute Gasteiger partial charge is 0.506 e. The molecule has 3 aromatic carbocycles. The van der Waals surface area contributed by atoms with Crippen LogP contribution in [0, 0.1) is 0 Å². The molecule has 0 bridgehead atoms. The fraction of sp³-hybridized carbons (Fsp3) is 0.185. The Balaban J connectivity index is 1.26. The number of benzene rings is 3. The predicted molar refractivity (Wildman–Crippen MR) is 137 cm³/mol. The maximum Gasteiger partial charge on any atom is 0.319 e. The number of rotatable bonds is 9. The van der Waals surface area contributed by atoms with Gasteiger partial charge in [0.2, 0.25) is 5.56 Å². The van der Waals surface area contributed by atoms with Gasteiger partial charge in [-0.25, -0.2) is 4.79 Å². The van der Waals surface area contributed by atoms with Crippen LogP contribution < -0.4 is 21.5 Å². The molecule has 0 fully saturated rings. The zero-order valence-electron chi connectivity index (χ0n) is 19.1. The minimum Gasteiger partial charge on any atom is -0.506 e. The Hall–Kier alpha value is -4.14. The number of carbonyl (C=O) groups excluding carboxylic acids is 1. The van der Waals surface area contributed by atoms with Gasteiger partial charge in [0, 0.05) is 30.2 Å². The first-order valence-corrected chi connectivity index (χ1v) is 11.4. The zero-order valence-corrected chi connectivity index (χ0v) is 19.1. The van der Waals surface area contributed by atoms with Gasteiger partial charge in [-0.05, 0) is 53.9 Å². The first kappa shape index (κ1) is 24.0. The lowest BCUT2D eigenvalue weighted by molar-refractivity contribution is 0.176. The van der Waals surface area contributed by atoms with E-state index >= 15 is 0 Å². The van der Waals surface area contributed by atoms with Gasteiger partial charge < -0.3 is 31.1 Å². The van der Waals surface area contributed by atoms with Crippen molar-refractivity contribution in [1.82, 2.24) is 15.6 Å². The second-order valence-corrected chi connectivity index (χ2v) is 8.25. The van der Waals surface area contributed by atoms with E-state index in [0.717, 1.165) is 11.1 Å². The molecule has 8 heteroatoms. The summed E-state index contributed by atoms with van der Waals surface area (Å²) in [5.41, 5.74) is 3.39. The topological polar surface area (TPSA) is 126 Å². The summed E-state index contributed by atoms with van der Waals surface area (Å²) >= 11 is 0. The molecule has 6 N–H and O–H groups in total. The number of H-pyrrole nitrogens is 1. The Bertz CT molecular complexity index is 1350. The molecular weight excluding hydrogens is 444 g/mol. The number of aliphatic hydroxyl groups is 1. The highest BCUT2D eigenvalue weighted by Crippen LogP contribution is 2.28. The summed E-state index contributed by atoms with van der Waals surface area (Å²) in [5, 5.41) is 30.2. The third-order valence-corrected chi connectivity index (χ3v) is 5.67. The fourth-order valence-electron chi connectivity index (χ4n) is 3.89. The van der Waals surface area contributed by atoms with E-state index in [0.29, 0.717) is 48.2 Å². The number of carbonyl (C=O) groups is 1. The highest BCUT2D eigenvalue weighted by atomic mass is 16.3. The number of phenols is 1. The van der Waals surface area contributed by atoms with Gasteiger partial charge in [0.05, 0.1) is 11.6 Å². The van der Waals surface area contributed by atoms with E-state index in [1.807, 2.05) is 54.6 Å². The molecule has 1 aromatic heterocycles. The molecule has 1 atom stereocenters. The number of phenolic OH excluding ortho intramolecular Hbond substituents is 1. The monoisotopic (exact) mass is 472 g/mol. The molecule has 4 aromatic rings. The fourth-order valence-corrected chi connectivity index (χ4v) is 3.89. The summed E-state index contributed by atoms with van der Waals surface area (Å²) < 4.78 is 0. The van der Waals surface area contributed by atoms with Crippen molar-refractivity contribution in [2.24, 2.45) is 0 Å². The van der Waals surface area contributed by atoms with Crippen molar-refractivity contribution in [2.75, 3.05) is 18.4 Å². The Labute approximate surface area is 202 Å². The van der Waals surface area contributed by atoms with E-state index in [2.05, 4.69) is 20.9 Å². The molecule has 4 rings (SSSR count). The van der Waals surface area contributed by atoms with Gasteiger partial charge in [0.1, 0.15) is 5.75 Å². The molecule has 0 aliphatic heterocycles. The molecule has 2 amide bonds. The third-order valence-electron chi connectivity index (χ3n) is 5.67. The van der Waals surface area contributed by atoms with Crippen molar-refractivity contribution in [1.29, 1.82) is 0 Å². The summed E-state index contributed by atoms with van der Waals surface area (Å²) in [7, 11) is 0. The number of nitrogens with one attached hydrogen (secondary N) is 4. The molecule has 0 unspecified atom stereocenters. The number of anilines is 1. The number of fused-ring (bicyclic) bond motifs is 1. The van der Waals surface area contributed by atoms with E-state index in [4.69, 9.17) is 0 Å². The third kappa shape index (κ3) is 6.47. The van der Waals surface area contributed by atoms with Gasteiger partial charge in [0.25, 0.3) is 0 Å². The van der Waals surface area contributed by atoms with Gasteiger partial charge in [-0.15, -0.1) is 0 Å². The van der Waals surface area contributed by atoms with E-state index < -0.39 is 6.10 Å². The number of aromatic amines is 1. The molecule has 0 saturated carbocycles. The Morgan fingerprint density at radius 1 is 0.943 bits per heavy atom. The van der Waals surface area contributed by atoms with E-state index in [1.54, 1.807) is 12.1 Å². The molecule has 0 spiro atoms. The highest BCUT2D eigenvalue weighted by Gasteiger charge is 2.13. The molecule has 0 saturated heterocycles. The van der Waals surface area contributed by atoms with Crippen LogP contribution in [0.15, 0.2) is 83.7 Å². The highest BCUT2D eigenvalue weighted by molar-refractivity contribution is 5.89. The number of pyridine rings is 1. The Kier molecular flexibility index (Phi) is 7.77. The van der Waals surface area contributed by atoms with Crippen LogP contribution in [0.2, 0.25) is 0 Å². The van der Waals surface area contributed by atoms with Crippen LogP contribution in [0.5, 0.6) is 5.75 Å². The molecule has 0 aliphatic rings. The lowest BCUT2D eigenvalue weighted by Gasteiger charge is -2.15. The summed E-state index contributed by atoms with van der Waals surface area (Å²) in [5.74, 6) is -0.0381. The first-order valence-electron chi connectivity index (χ1n) is 11.4. The predicted octanol–water partition coefficient (Wildman–Crippen LogP) is 3.42. The maximum absolute atomic E-state index is 12.2. The maximum atomic E-state index is 12.2. The molecule has 8 nitrogen and oxygen atoms in total. The van der Waals surface area contributed by atoms with Gasteiger partial charge >= 0.3 is 6.03 Å². The van der Waals surface area contributed by atoms with Crippen LogP contribution in [0.3, 0.4) is 0 Å². The van der Waals surface area contributed by atoms with Crippen LogP contribution >= 0.6 is 0 Å². The molecule has 0 aliphatic carbocycles. The van der Waals surface area contributed by atoms with Crippen molar-refractivity contribution in [3.05, 3.63) is 106 Å². The zero-order chi connectivity index (χ0) is 24.6. The summed E-state index contributed by atoms with van der Waals surface area (Å²) in [4.78, 5) is 26.4. The molecule has 35 heavy (non-hydrogen) atoms. The molecular formula is C27H28N4O4. The molecule has 180 valence electrons. The van der Waals surface area contributed by atoms with E-state index in [1.165, 1.54) is 12.1 Å². The summed E-state index contributed by atoms with van der Waals surface area (Å²) in [6, 6.07) is 23.1. The van der Waals surface area contributed by atoms with Gasteiger partial charge in [0.15, 0.2) is 0 Å². The number of aromatic hydroxyl groups is 1. The van der Waals surface area contributed by atoms with Gasteiger partial charge in [-0.3, -0.25) is 4.79 Å². The minimum absolute atomic E-state index is 0.0381. The average Bonchev–Trinajstić information content (AvgIpc) is 2.87. The smallest absolute Gasteiger partial charge is 0.319 e. The van der Waals surface area contributed by atoms with Crippen molar-refractivity contribution in [2.45, 2.75) is 19.1 Å². The second kappa shape index (κ2) is 11.3. The normalized spacial score (nSPS) is 11.8. The quantitative estimate of drug-likeness (QED) is 0.208. The number of aliphatic hydroxyl groups excluding tert-OH is 1. The second-order valence-electron chi connectivity index (χ2n) is 8.25. The SMILES string of the molecule is O=C(NCc1ccccc1)Nc1cccc(CCNC[C@H](O)c2ccc(O)c3[nH]c(=O)ccc23)c1.